The molecule has 0 aromatic carbocycles. The summed E-state index contributed by atoms with van der Waals surface area (Å²) in [5.41, 5.74) is 0. The number of ether oxygens (including phenoxy) is 2. The van der Waals surface area contributed by atoms with Crippen molar-refractivity contribution in [2.45, 2.75) is 12.8 Å². The molecule has 0 atom stereocenters. The van der Waals surface area contributed by atoms with Crippen LogP contribution >= 0.6 is 0 Å². The van der Waals surface area contributed by atoms with Gasteiger partial charge in [-0.25, -0.2) is 4.79 Å². The quantitative estimate of drug-likeness (QED) is 0.523. The van der Waals surface area contributed by atoms with Gasteiger partial charge in [0.25, 0.3) is 0 Å². The van der Waals surface area contributed by atoms with Gasteiger partial charge in [0, 0.05) is 13.2 Å². The number of carboxylic acid groups (broad SMARTS) is 1. The molecule has 0 bridgehead atoms. The van der Waals surface area contributed by atoms with E-state index in [2.05, 4.69) is 4.74 Å². The van der Waals surface area contributed by atoms with E-state index in [1.807, 2.05) is 0 Å². The summed E-state index contributed by atoms with van der Waals surface area (Å²) in [7, 11) is 1.10. The summed E-state index contributed by atoms with van der Waals surface area (Å²) < 4.78 is 8.61. The van der Waals surface area contributed by atoms with Crippen molar-refractivity contribution in [3.8, 4) is 0 Å². The summed E-state index contributed by atoms with van der Waals surface area (Å²) in [6.45, 7) is 2.00. The van der Waals surface area contributed by atoms with E-state index in [0.29, 0.717) is 0 Å². The molecule has 1 fully saturated rings. The van der Waals surface area contributed by atoms with Crippen molar-refractivity contribution in [1.29, 1.82) is 0 Å². The average molecular weight is 148 g/mol. The van der Waals surface area contributed by atoms with E-state index >= 15 is 0 Å². The fourth-order valence-corrected chi connectivity index (χ4v) is 0.510. The molecule has 0 spiro atoms. The van der Waals surface area contributed by atoms with Crippen LogP contribution in [0.3, 0.4) is 0 Å². The van der Waals surface area contributed by atoms with Crippen LogP contribution in [0.1, 0.15) is 12.8 Å². The normalized spacial score (nSPS) is 15.3. The van der Waals surface area contributed by atoms with Gasteiger partial charge in [-0.1, -0.05) is 0 Å². The number of hydrogen-bond acceptors (Lipinski definition) is 3. The lowest BCUT2D eigenvalue weighted by Crippen LogP contribution is -1.91. The van der Waals surface area contributed by atoms with Gasteiger partial charge in [0.05, 0.1) is 7.11 Å². The van der Waals surface area contributed by atoms with Gasteiger partial charge in [-0.3, -0.25) is 0 Å². The molecular weight excluding hydrogens is 136 g/mol. The second-order valence-corrected chi connectivity index (χ2v) is 1.79. The molecule has 0 aromatic heterocycles. The Bertz CT molecular complexity index is 80.1. The van der Waals surface area contributed by atoms with Crippen LogP contribution < -0.4 is 0 Å². The summed E-state index contributed by atoms with van der Waals surface area (Å²) in [5, 5.41) is 7.50. The van der Waals surface area contributed by atoms with Crippen molar-refractivity contribution < 1.29 is 19.4 Å². The maximum Gasteiger partial charge on any atom is 0.505 e. The molecule has 0 radical (unpaired) electrons. The zero-order valence-electron chi connectivity index (χ0n) is 6.00. The molecule has 4 heteroatoms. The first kappa shape index (κ1) is 9.23. The molecule has 1 rings (SSSR count). The molecule has 0 saturated carbocycles. The van der Waals surface area contributed by atoms with E-state index in [-0.39, 0.29) is 0 Å². The fraction of sp³-hybridized carbons (Fsp3) is 0.833. The summed E-state index contributed by atoms with van der Waals surface area (Å²) in [6, 6.07) is 0. The van der Waals surface area contributed by atoms with Crippen LogP contribution in [-0.2, 0) is 9.47 Å². The van der Waals surface area contributed by atoms with Crippen molar-refractivity contribution in [2.75, 3.05) is 20.3 Å². The Hall–Kier alpha value is -0.770. The number of methoxy groups -OCH3 is 1. The molecule has 1 saturated heterocycles. The molecule has 60 valence electrons. The van der Waals surface area contributed by atoms with Gasteiger partial charge in [0.2, 0.25) is 0 Å². The Balaban J connectivity index is 0.000000162. The molecule has 0 aliphatic carbocycles. The van der Waals surface area contributed by atoms with E-state index in [1.54, 1.807) is 0 Å². The highest BCUT2D eigenvalue weighted by atomic mass is 16.6. The fourth-order valence-electron chi connectivity index (χ4n) is 0.510. The Morgan fingerprint density at radius 2 is 1.90 bits per heavy atom. The maximum atomic E-state index is 9.15. The van der Waals surface area contributed by atoms with Gasteiger partial charge >= 0.3 is 6.16 Å². The van der Waals surface area contributed by atoms with Crippen molar-refractivity contribution in [2.24, 2.45) is 0 Å². The Morgan fingerprint density at radius 3 is 2.00 bits per heavy atom. The Kier molecular flexibility index (Phi) is 5.86. The van der Waals surface area contributed by atoms with Crippen LogP contribution in [0.15, 0.2) is 0 Å². The first-order valence-corrected chi connectivity index (χ1v) is 3.12. The van der Waals surface area contributed by atoms with Crippen molar-refractivity contribution >= 4 is 6.16 Å². The van der Waals surface area contributed by atoms with Crippen LogP contribution in [-0.4, -0.2) is 31.6 Å². The van der Waals surface area contributed by atoms with Gasteiger partial charge in [-0.2, -0.15) is 0 Å². The minimum Gasteiger partial charge on any atom is -0.450 e. The number of rotatable bonds is 0. The number of carbonyl (C=O) groups is 1. The van der Waals surface area contributed by atoms with Crippen LogP contribution in [0.2, 0.25) is 0 Å². The molecule has 1 aliphatic heterocycles. The molecular formula is C6H12O4. The van der Waals surface area contributed by atoms with Crippen LogP contribution in [0.5, 0.6) is 0 Å². The predicted molar refractivity (Wildman–Crippen MR) is 35.1 cm³/mol. The first-order chi connectivity index (χ1) is 4.77. The molecule has 1 N–H and O–H groups in total. The minimum atomic E-state index is -1.25. The zero-order valence-corrected chi connectivity index (χ0v) is 6.00. The standard InChI is InChI=1S/C4H8O.C2H4O3/c1-2-4-5-3-1;1-5-2(3)4/h1-4H2;1H3,(H,3,4). The van der Waals surface area contributed by atoms with E-state index in [1.165, 1.54) is 12.8 Å². The maximum absolute atomic E-state index is 9.15. The average Bonchev–Trinajstić information content (AvgIpc) is 2.43. The summed E-state index contributed by atoms with van der Waals surface area (Å²) in [4.78, 5) is 9.15. The van der Waals surface area contributed by atoms with Gasteiger partial charge in [0.15, 0.2) is 0 Å². The molecule has 0 amide bonds. The van der Waals surface area contributed by atoms with Gasteiger partial charge in [-0.15, -0.1) is 0 Å². The second kappa shape index (κ2) is 6.35. The van der Waals surface area contributed by atoms with Crippen molar-refractivity contribution in [1.82, 2.24) is 0 Å². The van der Waals surface area contributed by atoms with Crippen molar-refractivity contribution in [3.05, 3.63) is 0 Å². The second-order valence-electron chi connectivity index (χ2n) is 1.79. The minimum absolute atomic E-state index is 1.00. The summed E-state index contributed by atoms with van der Waals surface area (Å²) >= 11 is 0. The Labute approximate surface area is 59.7 Å². The predicted octanol–water partition coefficient (Wildman–Crippen LogP) is 1.11. The van der Waals surface area contributed by atoms with Gasteiger partial charge in [-0.05, 0) is 12.8 Å². The topological polar surface area (TPSA) is 55.8 Å². The van der Waals surface area contributed by atoms with E-state index in [4.69, 9.17) is 14.6 Å². The number of hydrogen-bond donors (Lipinski definition) is 1. The van der Waals surface area contributed by atoms with Gasteiger partial charge < -0.3 is 14.6 Å². The molecule has 0 aromatic rings. The van der Waals surface area contributed by atoms with Crippen LogP contribution in [0.25, 0.3) is 0 Å². The van der Waals surface area contributed by atoms with E-state index in [0.717, 1.165) is 20.3 Å². The SMILES string of the molecule is C1CCOC1.COC(=O)O. The van der Waals surface area contributed by atoms with Crippen LogP contribution in [0, 0.1) is 0 Å². The lowest BCUT2D eigenvalue weighted by Gasteiger charge is -1.79. The monoisotopic (exact) mass is 148 g/mol. The summed E-state index contributed by atoms with van der Waals surface area (Å²) in [6.07, 6.45) is 1.31. The molecule has 0 unspecified atom stereocenters. The molecule has 10 heavy (non-hydrogen) atoms. The highest BCUT2D eigenvalue weighted by Gasteiger charge is 1.94. The molecule has 1 aliphatic rings. The highest BCUT2D eigenvalue weighted by Crippen LogP contribution is 1.98. The smallest absolute Gasteiger partial charge is 0.450 e. The third-order valence-electron chi connectivity index (χ3n) is 1.00. The highest BCUT2D eigenvalue weighted by molar-refractivity contribution is 5.56. The van der Waals surface area contributed by atoms with Gasteiger partial charge in [0.1, 0.15) is 0 Å². The van der Waals surface area contributed by atoms with E-state index in [9.17, 15) is 0 Å². The largest absolute Gasteiger partial charge is 0.505 e. The Morgan fingerprint density at radius 1 is 1.50 bits per heavy atom. The van der Waals surface area contributed by atoms with E-state index < -0.39 is 6.16 Å². The molecule has 1 heterocycles. The zero-order chi connectivity index (χ0) is 7.82. The first-order valence-electron chi connectivity index (χ1n) is 3.12. The molecule has 4 nitrogen and oxygen atoms in total. The lowest BCUT2D eigenvalue weighted by atomic mass is 10.4. The lowest BCUT2D eigenvalue weighted by molar-refractivity contribution is 0.114. The summed E-state index contributed by atoms with van der Waals surface area (Å²) in [5.74, 6) is 0. The van der Waals surface area contributed by atoms with Crippen molar-refractivity contribution in [3.63, 3.8) is 0 Å². The third-order valence-corrected chi connectivity index (χ3v) is 1.00. The van der Waals surface area contributed by atoms with Crippen LogP contribution in [0.4, 0.5) is 4.79 Å². The third kappa shape index (κ3) is 7.23.